The number of primary amides is 1. The van der Waals surface area contributed by atoms with Gasteiger partial charge in [-0.05, 0) is 63.7 Å². The second-order valence-electron chi connectivity index (χ2n) is 9.53. The molecule has 1 amide bonds. The van der Waals surface area contributed by atoms with Crippen LogP contribution in [-0.2, 0) is 17.9 Å². The molecule has 0 aromatic heterocycles. The summed E-state index contributed by atoms with van der Waals surface area (Å²) in [6, 6.07) is 12.5. The SMILES string of the molecule is CCCC.CN/C(=C(/N=C(C)c1cccc(CN(C)C)c1)c1c(C)ccc2c1CNN2)C(C)C(N)=O. The third-order valence-corrected chi connectivity index (χ3v) is 6.25. The van der Waals surface area contributed by atoms with Crippen molar-refractivity contribution < 1.29 is 4.79 Å². The first-order chi connectivity index (χ1) is 17.1. The van der Waals surface area contributed by atoms with E-state index in [4.69, 9.17) is 10.7 Å². The summed E-state index contributed by atoms with van der Waals surface area (Å²) >= 11 is 0. The number of rotatable bonds is 9. The monoisotopic (exact) mass is 492 g/mol. The molecule has 7 heteroatoms. The molecule has 5 N–H and O–H groups in total. The maximum Gasteiger partial charge on any atom is 0.226 e. The summed E-state index contributed by atoms with van der Waals surface area (Å²) in [6.07, 6.45) is 2.64. The van der Waals surface area contributed by atoms with Gasteiger partial charge in [0.05, 0.1) is 17.3 Å². The molecule has 1 aliphatic rings. The lowest BCUT2D eigenvalue weighted by molar-refractivity contribution is -0.120. The highest BCUT2D eigenvalue weighted by molar-refractivity contribution is 6.03. The molecule has 2 aromatic carbocycles. The number of nitrogens with two attached hydrogens (primary N) is 1. The number of carbonyl (C=O) groups is 1. The van der Waals surface area contributed by atoms with Gasteiger partial charge in [-0.2, -0.15) is 0 Å². The van der Waals surface area contributed by atoms with Gasteiger partial charge in [0, 0.05) is 42.7 Å². The zero-order chi connectivity index (χ0) is 26.8. The van der Waals surface area contributed by atoms with Crippen LogP contribution in [0.3, 0.4) is 0 Å². The van der Waals surface area contributed by atoms with Crippen LogP contribution in [0.15, 0.2) is 47.1 Å². The first-order valence-electron chi connectivity index (χ1n) is 12.8. The van der Waals surface area contributed by atoms with Gasteiger partial charge in [0.25, 0.3) is 0 Å². The van der Waals surface area contributed by atoms with Gasteiger partial charge >= 0.3 is 0 Å². The lowest BCUT2D eigenvalue weighted by atomic mass is 9.93. The predicted molar refractivity (Wildman–Crippen MR) is 153 cm³/mol. The van der Waals surface area contributed by atoms with E-state index in [2.05, 4.69) is 92.3 Å². The lowest BCUT2D eigenvalue weighted by Gasteiger charge is -2.20. The van der Waals surface area contributed by atoms with Crippen LogP contribution < -0.4 is 21.9 Å². The molecule has 1 heterocycles. The average molecular weight is 493 g/mol. The van der Waals surface area contributed by atoms with Crippen LogP contribution in [0.1, 0.15) is 68.4 Å². The normalized spacial score (nSPS) is 14.3. The second-order valence-corrected chi connectivity index (χ2v) is 9.53. The Morgan fingerprint density at radius 2 is 1.89 bits per heavy atom. The number of amides is 1. The number of nitrogens with zero attached hydrogens (tertiary/aromatic N) is 2. The van der Waals surface area contributed by atoms with E-state index >= 15 is 0 Å². The van der Waals surface area contributed by atoms with E-state index in [-0.39, 0.29) is 0 Å². The number of carbonyl (C=O) groups excluding carboxylic acids is 1. The van der Waals surface area contributed by atoms with Gasteiger partial charge in [-0.15, -0.1) is 0 Å². The highest BCUT2D eigenvalue weighted by Crippen LogP contribution is 2.35. The van der Waals surface area contributed by atoms with Crippen molar-refractivity contribution in [1.82, 2.24) is 15.6 Å². The number of benzene rings is 2. The fraction of sp³-hybridized carbons (Fsp3) is 0.448. The summed E-state index contributed by atoms with van der Waals surface area (Å²) in [7, 11) is 5.92. The standard InChI is InChI=1S/C25H34N6O.C4H10/c1-15-10-11-21-20(13-28-30-21)22(15)24(23(27-4)16(2)25(26)32)29-17(3)19-9-7-8-18(12-19)14-31(5)6;1-3-4-2/h7-12,16,27-28,30H,13-14H2,1-6H3,(H2,26,32);3-4H2,1-2H3/b24-23+,29-17?;. The summed E-state index contributed by atoms with van der Waals surface area (Å²) in [5, 5.41) is 3.22. The molecule has 0 saturated carbocycles. The first-order valence-corrected chi connectivity index (χ1v) is 12.8. The maximum absolute atomic E-state index is 12.1. The van der Waals surface area contributed by atoms with Crippen LogP contribution in [0, 0.1) is 12.8 Å². The van der Waals surface area contributed by atoms with Crippen molar-refractivity contribution in [3.63, 3.8) is 0 Å². The first kappa shape index (κ1) is 29.1. The number of unbranched alkanes of at least 4 members (excludes halogenated alkanes) is 1. The molecule has 1 aliphatic heterocycles. The maximum atomic E-state index is 12.1. The largest absolute Gasteiger partial charge is 0.389 e. The minimum Gasteiger partial charge on any atom is -0.389 e. The van der Waals surface area contributed by atoms with Crippen LogP contribution in [-0.4, -0.2) is 37.7 Å². The molecule has 3 rings (SSSR count). The molecule has 7 nitrogen and oxygen atoms in total. The molecule has 0 aliphatic carbocycles. The van der Waals surface area contributed by atoms with Crippen molar-refractivity contribution in [2.45, 2.75) is 60.5 Å². The van der Waals surface area contributed by atoms with E-state index in [1.807, 2.05) is 20.9 Å². The summed E-state index contributed by atoms with van der Waals surface area (Å²) in [5.74, 6) is -0.904. The van der Waals surface area contributed by atoms with Crippen molar-refractivity contribution in [3.05, 3.63) is 69.9 Å². The Labute approximate surface area is 217 Å². The molecule has 0 radical (unpaired) electrons. The molecule has 1 atom stereocenters. The third-order valence-electron chi connectivity index (χ3n) is 6.25. The Balaban J connectivity index is 0.00000106. The topological polar surface area (TPSA) is 94.8 Å². The molecule has 0 saturated heterocycles. The zero-order valence-electron chi connectivity index (χ0n) is 23.2. The van der Waals surface area contributed by atoms with Crippen LogP contribution in [0.4, 0.5) is 5.69 Å². The Hall–Kier alpha value is -3.16. The molecule has 196 valence electrons. The van der Waals surface area contributed by atoms with Crippen LogP contribution >= 0.6 is 0 Å². The number of aliphatic imine (C=N–C) groups is 1. The van der Waals surface area contributed by atoms with E-state index < -0.39 is 11.8 Å². The Morgan fingerprint density at radius 3 is 2.47 bits per heavy atom. The van der Waals surface area contributed by atoms with Crippen molar-refractivity contribution in [2.24, 2.45) is 16.6 Å². The summed E-state index contributed by atoms with van der Waals surface area (Å²) in [5.41, 5.74) is 20.9. The second kappa shape index (κ2) is 13.8. The highest BCUT2D eigenvalue weighted by Gasteiger charge is 2.25. The summed E-state index contributed by atoms with van der Waals surface area (Å²) < 4.78 is 0. The van der Waals surface area contributed by atoms with E-state index in [9.17, 15) is 4.79 Å². The fourth-order valence-corrected chi connectivity index (χ4v) is 4.05. The van der Waals surface area contributed by atoms with Gasteiger partial charge in [0.2, 0.25) is 5.91 Å². The number of anilines is 1. The van der Waals surface area contributed by atoms with Crippen molar-refractivity contribution in [3.8, 4) is 0 Å². The quantitative estimate of drug-likeness (QED) is 0.377. The van der Waals surface area contributed by atoms with Crippen molar-refractivity contribution >= 4 is 23.0 Å². The number of hydrazine groups is 1. The molecular weight excluding hydrogens is 448 g/mol. The van der Waals surface area contributed by atoms with Gasteiger partial charge in [0.1, 0.15) is 0 Å². The van der Waals surface area contributed by atoms with E-state index in [1.165, 1.54) is 18.4 Å². The minimum atomic E-state index is -0.510. The van der Waals surface area contributed by atoms with E-state index in [0.29, 0.717) is 12.2 Å². The van der Waals surface area contributed by atoms with Gasteiger partial charge in [-0.1, -0.05) is 51.0 Å². The van der Waals surface area contributed by atoms with E-state index in [0.717, 1.165) is 45.9 Å². The van der Waals surface area contributed by atoms with Gasteiger partial charge in [-0.3, -0.25) is 9.79 Å². The third kappa shape index (κ3) is 7.42. The van der Waals surface area contributed by atoms with Gasteiger partial charge < -0.3 is 21.4 Å². The van der Waals surface area contributed by atoms with E-state index in [1.54, 1.807) is 0 Å². The molecule has 0 bridgehead atoms. The molecule has 0 spiro atoms. The molecular formula is C29H44N6O. The number of aryl methyl sites for hydroxylation is 1. The number of hydrogen-bond acceptors (Lipinski definition) is 6. The fourth-order valence-electron chi connectivity index (χ4n) is 4.05. The van der Waals surface area contributed by atoms with Crippen LogP contribution in [0.5, 0.6) is 0 Å². The minimum absolute atomic E-state index is 0.394. The molecule has 2 aromatic rings. The molecule has 1 unspecified atom stereocenters. The van der Waals surface area contributed by atoms with Crippen molar-refractivity contribution in [2.75, 3.05) is 26.6 Å². The summed E-state index contributed by atoms with van der Waals surface area (Å²) in [4.78, 5) is 19.4. The lowest BCUT2D eigenvalue weighted by Crippen LogP contribution is -2.28. The van der Waals surface area contributed by atoms with Gasteiger partial charge in [0.15, 0.2) is 0 Å². The molecule has 0 fully saturated rings. The molecule has 36 heavy (non-hydrogen) atoms. The predicted octanol–water partition coefficient (Wildman–Crippen LogP) is 4.81. The zero-order valence-corrected chi connectivity index (χ0v) is 23.2. The number of nitrogens with one attached hydrogen (secondary N) is 3. The van der Waals surface area contributed by atoms with Crippen LogP contribution in [0.25, 0.3) is 5.70 Å². The Bertz CT molecular complexity index is 1100. The highest BCUT2D eigenvalue weighted by atomic mass is 16.1. The Morgan fingerprint density at radius 1 is 1.19 bits per heavy atom. The Kier molecular flexibility index (Phi) is 11.1. The number of hydrogen-bond donors (Lipinski definition) is 4. The average Bonchev–Trinajstić information content (AvgIpc) is 3.32. The van der Waals surface area contributed by atoms with Crippen LogP contribution in [0.2, 0.25) is 0 Å². The number of fused-ring (bicyclic) bond motifs is 1. The van der Waals surface area contributed by atoms with Crippen molar-refractivity contribution in [1.29, 1.82) is 0 Å². The summed E-state index contributed by atoms with van der Waals surface area (Å²) in [6.45, 7) is 11.8. The van der Waals surface area contributed by atoms with Gasteiger partial charge in [-0.25, -0.2) is 5.43 Å². The smallest absolute Gasteiger partial charge is 0.226 e.